The number of nitrogens with one attached hydrogen (secondary N) is 2. The second-order valence-electron chi connectivity index (χ2n) is 13.7. The Labute approximate surface area is 319 Å². The molecular weight excluding hydrogens is 722 g/mol. The van der Waals surface area contributed by atoms with Crippen LogP contribution in [0.5, 0.6) is 0 Å². The third kappa shape index (κ3) is 9.88. The fourth-order valence-electron chi connectivity index (χ4n) is 6.17. The zero-order chi connectivity index (χ0) is 39.9. The Morgan fingerprint density at radius 2 is 1.70 bits per heavy atom. The molecule has 3 amide bonds. The molecule has 2 aromatic carbocycles. The highest BCUT2D eigenvalue weighted by Crippen LogP contribution is 2.31. The summed E-state index contributed by atoms with van der Waals surface area (Å²) in [5.74, 6) is -4.02. The molecule has 292 valence electrons. The van der Waals surface area contributed by atoms with Crippen molar-refractivity contribution in [2.24, 2.45) is 13.0 Å². The molecule has 3 aromatic rings. The molecule has 3 N–H and O–H groups in total. The number of allylic oxidation sites excluding steroid dienone is 1. The van der Waals surface area contributed by atoms with E-state index in [0.717, 1.165) is 0 Å². The minimum absolute atomic E-state index is 0.0484. The number of likely N-dealkylation sites (N-methyl/N-ethyl adjacent to an activating group) is 1. The molecule has 1 aromatic heterocycles. The molecule has 1 saturated heterocycles. The Kier molecular flexibility index (Phi) is 14.5. The molecule has 13 nitrogen and oxygen atoms in total. The number of carbonyl (C=O) groups excluding carboxylic acids is 3. The first kappa shape index (κ1) is 42.0. The summed E-state index contributed by atoms with van der Waals surface area (Å²) in [6, 6.07) is 7.23. The van der Waals surface area contributed by atoms with Crippen molar-refractivity contribution < 1.29 is 33.0 Å². The number of piperazine rings is 1. The monoisotopic (exact) mass is 770 g/mol. The lowest BCUT2D eigenvalue weighted by Gasteiger charge is -2.37. The average molecular weight is 771 g/mol. The fraction of sp³-hybridized carbons (Fsp3) is 0.447. The average Bonchev–Trinajstić information content (AvgIpc) is 3.51. The molecule has 0 radical (unpaired) electrons. The minimum Gasteiger partial charge on any atom is -0.393 e. The largest absolute Gasteiger partial charge is 0.393 e. The smallest absolute Gasteiger partial charge is 0.291 e. The molecule has 0 aliphatic carbocycles. The van der Waals surface area contributed by atoms with Crippen molar-refractivity contribution in [2.75, 3.05) is 79.4 Å². The number of methoxy groups -OCH3 is 1. The molecule has 0 spiro atoms. The van der Waals surface area contributed by atoms with Crippen molar-refractivity contribution in [2.45, 2.75) is 26.4 Å². The number of hydrogen-bond donors (Lipinski definition) is 3. The standard InChI is InChI=1S/C38H49ClF2N8O5/c1-23(42)30(22-46(5)18-19-54-7)27-10-11-29(34(41)33(27)40)32-21-43-35(47(32)6)36(51)44-25-8-9-28(31(39)20-25)38(53)49-16-14-48(15-17-49)37(52)26(24(2)50)12-13-45(3)4/h8-11,20-22,24,26,42,50H,12-19H2,1-7H3,(H,44,51)/b30-22+,42-23?. The third-order valence-corrected chi connectivity index (χ3v) is 9.68. The maximum Gasteiger partial charge on any atom is 0.291 e. The van der Waals surface area contributed by atoms with E-state index in [9.17, 15) is 19.5 Å². The van der Waals surface area contributed by atoms with Crippen LogP contribution < -0.4 is 5.32 Å². The van der Waals surface area contributed by atoms with E-state index in [0.29, 0.717) is 52.3 Å². The van der Waals surface area contributed by atoms with Crippen LogP contribution in [-0.4, -0.2) is 138 Å². The Bertz CT molecular complexity index is 1890. The van der Waals surface area contributed by atoms with Gasteiger partial charge in [-0.05, 0) is 65.2 Å². The quantitative estimate of drug-likeness (QED) is 0.192. The summed E-state index contributed by atoms with van der Waals surface area (Å²) < 4.78 is 37.5. The number of aliphatic hydroxyl groups is 1. The Balaban J connectivity index is 1.43. The summed E-state index contributed by atoms with van der Waals surface area (Å²) in [5.41, 5.74) is 0.701. The van der Waals surface area contributed by atoms with Crippen molar-refractivity contribution in [1.82, 2.24) is 29.2 Å². The van der Waals surface area contributed by atoms with Gasteiger partial charge in [0.15, 0.2) is 17.5 Å². The lowest BCUT2D eigenvalue weighted by atomic mass is 9.97. The van der Waals surface area contributed by atoms with Crippen molar-refractivity contribution >= 4 is 46.3 Å². The summed E-state index contributed by atoms with van der Waals surface area (Å²) in [4.78, 5) is 51.0. The van der Waals surface area contributed by atoms with Crippen LogP contribution in [0.15, 0.2) is 42.7 Å². The van der Waals surface area contributed by atoms with Crippen LogP contribution >= 0.6 is 11.6 Å². The SMILES string of the molecule is COCCN(C)/C=C(\C(C)=N)c1ccc(-c2cnc(C(=O)Nc3ccc(C(=O)N4CCN(C(=O)C(CCN(C)C)C(C)O)CC4)c(Cl)c3)n2C)c(F)c1F. The molecule has 1 aliphatic heterocycles. The molecule has 4 rings (SSSR count). The number of halogens is 3. The van der Waals surface area contributed by atoms with Gasteiger partial charge in [-0.1, -0.05) is 17.7 Å². The summed E-state index contributed by atoms with van der Waals surface area (Å²) in [7, 11) is 8.61. The van der Waals surface area contributed by atoms with E-state index in [4.69, 9.17) is 21.7 Å². The number of nitrogens with zero attached hydrogens (tertiary/aromatic N) is 6. The highest BCUT2D eigenvalue weighted by atomic mass is 35.5. The maximum atomic E-state index is 15.6. The van der Waals surface area contributed by atoms with Gasteiger partial charge in [0.05, 0.1) is 41.1 Å². The van der Waals surface area contributed by atoms with Gasteiger partial charge in [0, 0.05) is 88.2 Å². The maximum absolute atomic E-state index is 15.6. The second-order valence-corrected chi connectivity index (χ2v) is 14.1. The first-order valence-corrected chi connectivity index (χ1v) is 17.9. The summed E-state index contributed by atoms with van der Waals surface area (Å²) in [5, 5.41) is 21.2. The number of hydrogen-bond acceptors (Lipinski definition) is 9. The zero-order valence-corrected chi connectivity index (χ0v) is 32.5. The van der Waals surface area contributed by atoms with Crippen LogP contribution in [0.3, 0.4) is 0 Å². The number of ether oxygens (including phenoxy) is 1. The number of amides is 3. The molecule has 0 saturated carbocycles. The lowest BCUT2D eigenvalue weighted by Crippen LogP contribution is -2.53. The van der Waals surface area contributed by atoms with E-state index in [2.05, 4.69) is 10.3 Å². The minimum atomic E-state index is -1.15. The van der Waals surface area contributed by atoms with E-state index >= 15 is 8.78 Å². The van der Waals surface area contributed by atoms with E-state index in [1.165, 1.54) is 55.1 Å². The van der Waals surface area contributed by atoms with Gasteiger partial charge in [-0.2, -0.15) is 0 Å². The normalized spacial score (nSPS) is 14.6. The van der Waals surface area contributed by atoms with Gasteiger partial charge in [-0.25, -0.2) is 13.8 Å². The fourth-order valence-corrected chi connectivity index (χ4v) is 6.43. The van der Waals surface area contributed by atoms with Gasteiger partial charge in [-0.15, -0.1) is 0 Å². The molecule has 0 bridgehead atoms. The van der Waals surface area contributed by atoms with Gasteiger partial charge in [0.1, 0.15) is 0 Å². The topological polar surface area (TPSA) is 147 Å². The Morgan fingerprint density at radius 3 is 2.30 bits per heavy atom. The van der Waals surface area contributed by atoms with Crippen molar-refractivity contribution in [3.05, 3.63) is 76.3 Å². The second kappa shape index (κ2) is 18.6. The van der Waals surface area contributed by atoms with E-state index < -0.39 is 29.6 Å². The Morgan fingerprint density at radius 1 is 1.06 bits per heavy atom. The van der Waals surface area contributed by atoms with E-state index in [1.54, 1.807) is 42.0 Å². The van der Waals surface area contributed by atoms with Crippen LogP contribution in [0.2, 0.25) is 5.02 Å². The molecule has 54 heavy (non-hydrogen) atoms. The molecule has 2 atom stereocenters. The van der Waals surface area contributed by atoms with Crippen LogP contribution in [0, 0.1) is 23.0 Å². The van der Waals surface area contributed by atoms with Crippen LogP contribution in [0.1, 0.15) is 46.8 Å². The molecule has 2 heterocycles. The summed E-state index contributed by atoms with van der Waals surface area (Å²) in [6.45, 7) is 5.89. The van der Waals surface area contributed by atoms with Crippen molar-refractivity contribution in [3.8, 4) is 11.3 Å². The lowest BCUT2D eigenvalue weighted by molar-refractivity contribution is -0.140. The zero-order valence-electron chi connectivity index (χ0n) is 31.8. The van der Waals surface area contributed by atoms with Gasteiger partial charge in [0.25, 0.3) is 11.8 Å². The number of benzene rings is 2. The van der Waals surface area contributed by atoms with Crippen LogP contribution in [-0.2, 0) is 16.6 Å². The van der Waals surface area contributed by atoms with Crippen LogP contribution in [0.25, 0.3) is 16.8 Å². The van der Waals surface area contributed by atoms with E-state index in [1.807, 2.05) is 19.0 Å². The molecular formula is C38H49ClF2N8O5. The summed E-state index contributed by atoms with van der Waals surface area (Å²) in [6.07, 6.45) is 2.56. The number of rotatable bonds is 15. The first-order chi connectivity index (χ1) is 25.5. The number of imidazole rings is 1. The van der Waals surface area contributed by atoms with Gasteiger partial charge >= 0.3 is 0 Å². The van der Waals surface area contributed by atoms with Crippen molar-refractivity contribution in [3.63, 3.8) is 0 Å². The molecule has 1 fully saturated rings. The number of anilines is 1. The molecule has 1 aliphatic rings. The van der Waals surface area contributed by atoms with Gasteiger partial charge < -0.3 is 44.7 Å². The van der Waals surface area contributed by atoms with Gasteiger partial charge in [-0.3, -0.25) is 14.4 Å². The van der Waals surface area contributed by atoms with Gasteiger partial charge in [0.2, 0.25) is 5.91 Å². The third-order valence-electron chi connectivity index (χ3n) is 9.36. The highest BCUT2D eigenvalue weighted by Gasteiger charge is 2.32. The molecule has 2 unspecified atom stereocenters. The number of aliphatic hydroxyl groups excluding tert-OH is 1. The molecule has 16 heteroatoms. The van der Waals surface area contributed by atoms with Crippen molar-refractivity contribution in [1.29, 1.82) is 5.41 Å². The predicted octanol–water partition coefficient (Wildman–Crippen LogP) is 4.46. The Hall–Kier alpha value is -4.70. The number of carbonyl (C=O) groups is 3. The van der Waals surface area contributed by atoms with E-state index in [-0.39, 0.29) is 62.0 Å². The summed E-state index contributed by atoms with van der Waals surface area (Å²) >= 11 is 6.52. The highest BCUT2D eigenvalue weighted by molar-refractivity contribution is 6.34. The van der Waals surface area contributed by atoms with Crippen LogP contribution in [0.4, 0.5) is 14.5 Å². The first-order valence-electron chi connectivity index (χ1n) is 17.5. The number of aromatic nitrogens is 2. The predicted molar refractivity (Wildman–Crippen MR) is 205 cm³/mol.